The van der Waals surface area contributed by atoms with Crippen molar-refractivity contribution in [2.45, 2.75) is 51.0 Å². The van der Waals surface area contributed by atoms with Crippen LogP contribution in [0.5, 0.6) is 0 Å². The highest BCUT2D eigenvalue weighted by Crippen LogP contribution is 2.32. The predicted molar refractivity (Wildman–Crippen MR) is 86.6 cm³/mol. The molecule has 3 rings (SSSR count). The summed E-state index contributed by atoms with van der Waals surface area (Å²) < 4.78 is 13.9. The molecule has 0 saturated heterocycles. The summed E-state index contributed by atoms with van der Waals surface area (Å²) in [6, 6.07) is 11.1. The van der Waals surface area contributed by atoms with Crippen molar-refractivity contribution in [1.82, 2.24) is 0 Å². The third-order valence-electron chi connectivity index (χ3n) is 4.91. The lowest BCUT2D eigenvalue weighted by atomic mass is 9.84. The first-order chi connectivity index (χ1) is 10.3. The number of fused-ring (bicyclic) bond motifs is 1. The number of hydrogen-bond donors (Lipinski definition) is 1. The molecule has 112 valence electrons. The first kappa shape index (κ1) is 14.5. The summed E-state index contributed by atoms with van der Waals surface area (Å²) >= 11 is 0. The van der Waals surface area contributed by atoms with E-state index in [0.717, 1.165) is 23.3 Å². The molecule has 0 aliphatic heterocycles. The standard InChI is InChI=1S/C19H24FN/c20-18-12-11-17(15-8-4-5-9-16(15)18)19(21)13-10-14-6-2-1-3-7-14/h4-5,8-9,11-12,14,19H,1-3,6-7,10,13,21H2. The first-order valence-corrected chi connectivity index (χ1v) is 8.18. The maximum absolute atomic E-state index is 13.9. The number of halogens is 1. The maximum atomic E-state index is 13.9. The van der Waals surface area contributed by atoms with E-state index in [-0.39, 0.29) is 11.9 Å². The van der Waals surface area contributed by atoms with Crippen LogP contribution in [0.1, 0.15) is 56.6 Å². The number of rotatable bonds is 4. The lowest BCUT2D eigenvalue weighted by Gasteiger charge is -2.23. The largest absolute Gasteiger partial charge is 0.324 e. The zero-order valence-electron chi connectivity index (χ0n) is 12.5. The predicted octanol–water partition coefficient (Wildman–Crippen LogP) is 5.34. The van der Waals surface area contributed by atoms with Gasteiger partial charge in [0.2, 0.25) is 0 Å². The van der Waals surface area contributed by atoms with Crippen molar-refractivity contribution in [3.05, 3.63) is 47.8 Å². The molecule has 2 aromatic carbocycles. The topological polar surface area (TPSA) is 26.0 Å². The SMILES string of the molecule is NC(CCC1CCCCC1)c1ccc(F)c2ccccc12. The number of hydrogen-bond acceptors (Lipinski definition) is 1. The van der Waals surface area contributed by atoms with Crippen LogP contribution < -0.4 is 5.73 Å². The third kappa shape index (κ3) is 3.26. The van der Waals surface area contributed by atoms with E-state index in [9.17, 15) is 4.39 Å². The molecule has 2 N–H and O–H groups in total. The van der Waals surface area contributed by atoms with Gasteiger partial charge in [0.15, 0.2) is 0 Å². The molecule has 1 aliphatic carbocycles. The van der Waals surface area contributed by atoms with Crippen LogP contribution >= 0.6 is 0 Å². The first-order valence-electron chi connectivity index (χ1n) is 8.18. The Morgan fingerprint density at radius 3 is 2.48 bits per heavy atom. The summed E-state index contributed by atoms with van der Waals surface area (Å²) in [6.45, 7) is 0. The van der Waals surface area contributed by atoms with Crippen LogP contribution in [0.25, 0.3) is 10.8 Å². The Labute approximate surface area is 126 Å². The maximum Gasteiger partial charge on any atom is 0.131 e. The molecule has 0 amide bonds. The molecule has 0 heterocycles. The van der Waals surface area contributed by atoms with Gasteiger partial charge < -0.3 is 5.73 Å². The lowest BCUT2D eigenvalue weighted by molar-refractivity contribution is 0.324. The Bertz CT molecular complexity index is 602. The van der Waals surface area contributed by atoms with E-state index in [1.165, 1.54) is 38.5 Å². The van der Waals surface area contributed by atoms with E-state index in [4.69, 9.17) is 5.73 Å². The fraction of sp³-hybridized carbons (Fsp3) is 0.474. The molecule has 2 aromatic rings. The summed E-state index contributed by atoms with van der Waals surface area (Å²) in [5.41, 5.74) is 7.49. The third-order valence-corrected chi connectivity index (χ3v) is 4.91. The van der Waals surface area contributed by atoms with Gasteiger partial charge in [0, 0.05) is 11.4 Å². The van der Waals surface area contributed by atoms with Crippen LogP contribution in [0.4, 0.5) is 4.39 Å². The van der Waals surface area contributed by atoms with E-state index in [2.05, 4.69) is 0 Å². The minimum absolute atomic E-state index is 0.0115. The van der Waals surface area contributed by atoms with Crippen LogP contribution in [0.2, 0.25) is 0 Å². The molecule has 1 nitrogen and oxygen atoms in total. The smallest absolute Gasteiger partial charge is 0.131 e. The highest BCUT2D eigenvalue weighted by atomic mass is 19.1. The normalized spacial score (nSPS) is 18.0. The van der Waals surface area contributed by atoms with Gasteiger partial charge in [-0.3, -0.25) is 0 Å². The van der Waals surface area contributed by atoms with Gasteiger partial charge in [0.05, 0.1) is 0 Å². The van der Waals surface area contributed by atoms with Crippen molar-refractivity contribution in [1.29, 1.82) is 0 Å². The van der Waals surface area contributed by atoms with Gasteiger partial charge in [0.25, 0.3) is 0 Å². The monoisotopic (exact) mass is 285 g/mol. The van der Waals surface area contributed by atoms with Gasteiger partial charge in [0.1, 0.15) is 5.82 Å². The molecule has 1 unspecified atom stereocenters. The molecule has 1 fully saturated rings. The van der Waals surface area contributed by atoms with Gasteiger partial charge in [-0.05, 0) is 35.8 Å². The second kappa shape index (κ2) is 6.57. The van der Waals surface area contributed by atoms with Crippen LogP contribution in [-0.2, 0) is 0 Å². The molecule has 1 saturated carbocycles. The molecule has 21 heavy (non-hydrogen) atoms. The molecule has 1 aliphatic rings. The zero-order chi connectivity index (χ0) is 14.7. The lowest BCUT2D eigenvalue weighted by Crippen LogP contribution is -2.14. The van der Waals surface area contributed by atoms with Crippen LogP contribution in [0.3, 0.4) is 0 Å². The Kier molecular flexibility index (Phi) is 4.54. The highest BCUT2D eigenvalue weighted by Gasteiger charge is 2.17. The van der Waals surface area contributed by atoms with Gasteiger partial charge >= 0.3 is 0 Å². The Morgan fingerprint density at radius 2 is 1.71 bits per heavy atom. The van der Waals surface area contributed by atoms with Gasteiger partial charge in [-0.15, -0.1) is 0 Å². The second-order valence-corrected chi connectivity index (χ2v) is 6.37. The summed E-state index contributed by atoms with van der Waals surface area (Å²) in [7, 11) is 0. The number of nitrogens with two attached hydrogens (primary N) is 1. The van der Waals surface area contributed by atoms with E-state index in [1.807, 2.05) is 30.3 Å². The Morgan fingerprint density at radius 1 is 1.00 bits per heavy atom. The molecule has 2 heteroatoms. The summed E-state index contributed by atoms with van der Waals surface area (Å²) in [5.74, 6) is 0.686. The Hall–Kier alpha value is -1.41. The average Bonchev–Trinajstić information content (AvgIpc) is 2.54. The van der Waals surface area contributed by atoms with Crippen LogP contribution in [0, 0.1) is 11.7 Å². The van der Waals surface area contributed by atoms with Crippen molar-refractivity contribution in [2.75, 3.05) is 0 Å². The minimum Gasteiger partial charge on any atom is -0.324 e. The number of benzene rings is 2. The summed E-state index contributed by atoms with van der Waals surface area (Å²) in [4.78, 5) is 0. The average molecular weight is 285 g/mol. The summed E-state index contributed by atoms with van der Waals surface area (Å²) in [5, 5.41) is 1.65. The van der Waals surface area contributed by atoms with Crippen LogP contribution in [0.15, 0.2) is 36.4 Å². The van der Waals surface area contributed by atoms with Crippen molar-refractivity contribution in [2.24, 2.45) is 11.7 Å². The highest BCUT2D eigenvalue weighted by molar-refractivity contribution is 5.86. The van der Waals surface area contributed by atoms with E-state index >= 15 is 0 Å². The van der Waals surface area contributed by atoms with E-state index < -0.39 is 0 Å². The minimum atomic E-state index is -0.158. The van der Waals surface area contributed by atoms with Gasteiger partial charge in [-0.2, -0.15) is 0 Å². The molecular formula is C19H24FN. The zero-order valence-corrected chi connectivity index (χ0v) is 12.5. The second-order valence-electron chi connectivity index (χ2n) is 6.37. The van der Waals surface area contributed by atoms with Gasteiger partial charge in [-0.25, -0.2) is 4.39 Å². The molecule has 0 radical (unpaired) electrons. The van der Waals surface area contributed by atoms with E-state index in [0.29, 0.717) is 5.39 Å². The van der Waals surface area contributed by atoms with Crippen molar-refractivity contribution in [3.8, 4) is 0 Å². The van der Waals surface area contributed by atoms with Crippen molar-refractivity contribution < 1.29 is 4.39 Å². The molecular weight excluding hydrogens is 261 g/mol. The van der Waals surface area contributed by atoms with Crippen LogP contribution in [-0.4, -0.2) is 0 Å². The Balaban J connectivity index is 1.75. The fourth-order valence-corrected chi connectivity index (χ4v) is 3.66. The summed E-state index contributed by atoms with van der Waals surface area (Å²) in [6.07, 6.45) is 9.06. The van der Waals surface area contributed by atoms with E-state index in [1.54, 1.807) is 6.07 Å². The van der Waals surface area contributed by atoms with Crippen molar-refractivity contribution >= 4 is 10.8 Å². The quantitative estimate of drug-likeness (QED) is 0.806. The molecule has 0 spiro atoms. The molecule has 0 aromatic heterocycles. The molecule has 1 atom stereocenters. The van der Waals surface area contributed by atoms with Gasteiger partial charge in [-0.1, -0.05) is 62.4 Å². The molecule has 0 bridgehead atoms. The van der Waals surface area contributed by atoms with Crippen molar-refractivity contribution in [3.63, 3.8) is 0 Å². The fourth-order valence-electron chi connectivity index (χ4n) is 3.66.